The first-order chi connectivity index (χ1) is 13.3. The number of halogens is 2. The standard InChI is InChI=1S/C24H28Cl2O2/c1-5-21(17-7-9-23(27)19(13-17)11-15(3)25)22(6-2)18-8-10-24(28)20(14-18)12-16(4)26/h7-10,13-14,21-22,27-28H,3-6,11-12H2,1-2H3/t21-,22-/m0/s1. The van der Waals surface area contributed by atoms with Crippen molar-refractivity contribution in [3.63, 3.8) is 0 Å². The van der Waals surface area contributed by atoms with Crippen molar-refractivity contribution in [3.05, 3.63) is 81.9 Å². The predicted molar refractivity (Wildman–Crippen MR) is 120 cm³/mol. The zero-order valence-corrected chi connectivity index (χ0v) is 18.0. The molecule has 28 heavy (non-hydrogen) atoms. The minimum atomic E-state index is 0.237. The molecule has 0 aliphatic heterocycles. The smallest absolute Gasteiger partial charge is 0.119 e. The van der Waals surface area contributed by atoms with Crippen molar-refractivity contribution >= 4 is 23.2 Å². The number of allylic oxidation sites excluding steroid dienone is 2. The zero-order chi connectivity index (χ0) is 20.8. The van der Waals surface area contributed by atoms with Gasteiger partial charge in [0.25, 0.3) is 0 Å². The maximum absolute atomic E-state index is 10.2. The van der Waals surface area contributed by atoms with Crippen LogP contribution in [0.1, 0.15) is 60.8 Å². The number of aromatic hydroxyl groups is 2. The zero-order valence-electron chi connectivity index (χ0n) is 16.5. The number of hydrogen-bond donors (Lipinski definition) is 2. The first kappa shape index (κ1) is 22.4. The van der Waals surface area contributed by atoms with E-state index in [9.17, 15) is 10.2 Å². The number of phenolic OH excluding ortho intramolecular Hbond substituents is 2. The summed E-state index contributed by atoms with van der Waals surface area (Å²) in [4.78, 5) is 0. The lowest BCUT2D eigenvalue weighted by Gasteiger charge is -2.27. The average Bonchev–Trinajstić information content (AvgIpc) is 2.63. The first-order valence-corrected chi connectivity index (χ1v) is 10.3. The van der Waals surface area contributed by atoms with Gasteiger partial charge in [-0.1, -0.05) is 74.5 Å². The van der Waals surface area contributed by atoms with Gasteiger partial charge in [0.15, 0.2) is 0 Å². The highest BCUT2D eigenvalue weighted by molar-refractivity contribution is 6.29. The van der Waals surface area contributed by atoms with Crippen LogP contribution in [-0.4, -0.2) is 10.2 Å². The summed E-state index contributed by atoms with van der Waals surface area (Å²) >= 11 is 11.9. The summed E-state index contributed by atoms with van der Waals surface area (Å²) in [6.07, 6.45) is 2.78. The predicted octanol–water partition coefficient (Wildman–Crippen LogP) is 7.38. The Kier molecular flexibility index (Phi) is 8.03. The average molecular weight is 419 g/mol. The molecule has 0 spiro atoms. The highest BCUT2D eigenvalue weighted by Crippen LogP contribution is 2.40. The van der Waals surface area contributed by atoms with Crippen LogP contribution in [0, 0.1) is 0 Å². The number of rotatable bonds is 9. The van der Waals surface area contributed by atoms with E-state index in [0.29, 0.717) is 22.9 Å². The summed E-state index contributed by atoms with van der Waals surface area (Å²) in [6, 6.07) is 11.5. The van der Waals surface area contributed by atoms with Crippen LogP contribution in [-0.2, 0) is 12.8 Å². The highest BCUT2D eigenvalue weighted by Gasteiger charge is 2.24. The van der Waals surface area contributed by atoms with Crippen molar-refractivity contribution in [3.8, 4) is 11.5 Å². The molecule has 150 valence electrons. The molecule has 0 saturated carbocycles. The van der Waals surface area contributed by atoms with E-state index in [2.05, 4.69) is 27.0 Å². The number of benzene rings is 2. The van der Waals surface area contributed by atoms with Gasteiger partial charge in [-0.05, 0) is 59.1 Å². The quantitative estimate of drug-likeness (QED) is 0.445. The molecular formula is C24H28Cl2O2. The molecular weight excluding hydrogens is 391 g/mol. The molecule has 4 heteroatoms. The molecule has 0 radical (unpaired) electrons. The fourth-order valence-corrected chi connectivity index (χ4v) is 4.16. The fourth-order valence-electron chi connectivity index (χ4n) is 3.87. The van der Waals surface area contributed by atoms with E-state index >= 15 is 0 Å². The van der Waals surface area contributed by atoms with Gasteiger partial charge >= 0.3 is 0 Å². The van der Waals surface area contributed by atoms with E-state index in [1.807, 2.05) is 24.3 Å². The maximum atomic E-state index is 10.2. The molecule has 0 saturated heterocycles. The molecule has 0 aliphatic carbocycles. The second kappa shape index (κ2) is 10.0. The first-order valence-electron chi connectivity index (χ1n) is 9.56. The van der Waals surface area contributed by atoms with Gasteiger partial charge in [0.2, 0.25) is 0 Å². The summed E-state index contributed by atoms with van der Waals surface area (Å²) in [5.41, 5.74) is 3.90. The van der Waals surface area contributed by atoms with Gasteiger partial charge in [0, 0.05) is 22.9 Å². The summed E-state index contributed by atoms with van der Waals surface area (Å²) in [5, 5.41) is 21.3. The Bertz CT molecular complexity index is 786. The van der Waals surface area contributed by atoms with Gasteiger partial charge in [-0.2, -0.15) is 0 Å². The summed E-state index contributed by atoms with van der Waals surface area (Å²) in [6.45, 7) is 11.8. The van der Waals surface area contributed by atoms with Crippen LogP contribution in [0.2, 0.25) is 0 Å². The molecule has 2 rings (SSSR count). The molecule has 0 unspecified atom stereocenters. The van der Waals surface area contributed by atoms with E-state index in [-0.39, 0.29) is 23.3 Å². The Morgan fingerprint density at radius 2 is 1.14 bits per heavy atom. The highest BCUT2D eigenvalue weighted by atomic mass is 35.5. The third kappa shape index (κ3) is 5.56. The topological polar surface area (TPSA) is 40.5 Å². The van der Waals surface area contributed by atoms with Crippen LogP contribution in [0.15, 0.2) is 59.6 Å². The van der Waals surface area contributed by atoms with Gasteiger partial charge in [0.05, 0.1) is 0 Å². The van der Waals surface area contributed by atoms with E-state index in [1.54, 1.807) is 12.1 Å². The van der Waals surface area contributed by atoms with E-state index in [1.165, 1.54) is 0 Å². The van der Waals surface area contributed by atoms with Crippen molar-refractivity contribution in [1.29, 1.82) is 0 Å². The molecule has 2 aromatic carbocycles. The van der Waals surface area contributed by atoms with Crippen molar-refractivity contribution in [2.45, 2.75) is 51.4 Å². The molecule has 0 bridgehead atoms. The van der Waals surface area contributed by atoms with E-state index in [0.717, 1.165) is 35.1 Å². The molecule has 0 aliphatic rings. The summed E-state index contributed by atoms with van der Waals surface area (Å²) in [5.74, 6) is 1.01. The monoisotopic (exact) mass is 418 g/mol. The van der Waals surface area contributed by atoms with Crippen LogP contribution in [0.4, 0.5) is 0 Å². The van der Waals surface area contributed by atoms with Crippen LogP contribution in [0.3, 0.4) is 0 Å². The second-order valence-corrected chi connectivity index (χ2v) is 8.26. The normalized spacial score (nSPS) is 13.1. The third-order valence-electron chi connectivity index (χ3n) is 5.19. The maximum Gasteiger partial charge on any atom is 0.119 e. The lowest BCUT2D eigenvalue weighted by molar-refractivity contribution is 0.464. The second-order valence-electron chi connectivity index (χ2n) is 7.19. The van der Waals surface area contributed by atoms with Gasteiger partial charge in [-0.25, -0.2) is 0 Å². The Morgan fingerprint density at radius 1 is 0.786 bits per heavy atom. The van der Waals surface area contributed by atoms with Crippen LogP contribution >= 0.6 is 23.2 Å². The van der Waals surface area contributed by atoms with Gasteiger partial charge in [0.1, 0.15) is 11.5 Å². The fraction of sp³-hybridized carbons (Fsp3) is 0.333. The third-order valence-corrected chi connectivity index (χ3v) is 5.46. The summed E-state index contributed by atoms with van der Waals surface area (Å²) < 4.78 is 0. The minimum absolute atomic E-state index is 0.237. The van der Waals surface area contributed by atoms with E-state index in [4.69, 9.17) is 23.2 Å². The van der Waals surface area contributed by atoms with Crippen molar-refractivity contribution in [1.82, 2.24) is 0 Å². The summed E-state index contributed by atoms with van der Waals surface area (Å²) in [7, 11) is 0. The molecule has 0 heterocycles. The van der Waals surface area contributed by atoms with Gasteiger partial charge < -0.3 is 10.2 Å². The molecule has 2 N–H and O–H groups in total. The minimum Gasteiger partial charge on any atom is -0.508 e. The lowest BCUT2D eigenvalue weighted by atomic mass is 9.77. The largest absolute Gasteiger partial charge is 0.508 e. The van der Waals surface area contributed by atoms with Crippen molar-refractivity contribution in [2.24, 2.45) is 0 Å². The molecule has 0 fully saturated rings. The van der Waals surface area contributed by atoms with Crippen LogP contribution < -0.4 is 0 Å². The van der Waals surface area contributed by atoms with Crippen molar-refractivity contribution in [2.75, 3.05) is 0 Å². The van der Waals surface area contributed by atoms with E-state index < -0.39 is 0 Å². The van der Waals surface area contributed by atoms with Gasteiger partial charge in [-0.3, -0.25) is 0 Å². The number of hydrogen-bond acceptors (Lipinski definition) is 2. The Hall–Kier alpha value is -1.90. The SMILES string of the molecule is C=C(Cl)Cc1cc([C@H](CC)[C@@H](CC)c2ccc(O)c(CC(=C)Cl)c2)ccc1O. The van der Waals surface area contributed by atoms with Crippen LogP contribution in [0.5, 0.6) is 11.5 Å². The molecule has 0 amide bonds. The van der Waals surface area contributed by atoms with Crippen LogP contribution in [0.25, 0.3) is 0 Å². The van der Waals surface area contributed by atoms with Gasteiger partial charge in [-0.15, -0.1) is 0 Å². The lowest BCUT2D eigenvalue weighted by Crippen LogP contribution is -2.11. The molecule has 2 aromatic rings. The Morgan fingerprint density at radius 3 is 1.43 bits per heavy atom. The van der Waals surface area contributed by atoms with Crippen molar-refractivity contribution < 1.29 is 10.2 Å². The Labute approximate surface area is 178 Å². The number of phenols is 2. The molecule has 0 aromatic heterocycles. The Balaban J connectivity index is 2.44. The molecule has 2 atom stereocenters. The molecule has 2 nitrogen and oxygen atoms in total.